The highest BCUT2D eigenvalue weighted by atomic mass is 16.3. The lowest BCUT2D eigenvalue weighted by Gasteiger charge is -2.31. The molecule has 0 heterocycles. The van der Waals surface area contributed by atoms with Gasteiger partial charge in [-0.2, -0.15) is 0 Å². The molecule has 0 radical (unpaired) electrons. The second-order valence-electron chi connectivity index (χ2n) is 7.30. The number of aliphatic hydroxyl groups excluding tert-OH is 1. The van der Waals surface area contributed by atoms with E-state index in [1.54, 1.807) is 0 Å². The molecule has 1 nitrogen and oxygen atoms in total. The third-order valence-corrected chi connectivity index (χ3v) is 3.64. The van der Waals surface area contributed by atoms with Gasteiger partial charge in [-0.25, -0.2) is 0 Å². The first kappa shape index (κ1) is 15.2. The highest BCUT2D eigenvalue weighted by Gasteiger charge is 2.26. The van der Waals surface area contributed by atoms with Gasteiger partial charge < -0.3 is 5.11 Å². The van der Waals surface area contributed by atoms with Gasteiger partial charge in [0.1, 0.15) is 0 Å². The highest BCUT2D eigenvalue weighted by molar-refractivity contribution is 5.30. The lowest BCUT2D eigenvalue weighted by molar-refractivity contribution is 0.223. The van der Waals surface area contributed by atoms with Gasteiger partial charge in [-0.3, -0.25) is 0 Å². The SMILES string of the molecule is CC(C)(C)c1ccc(C(CCO)C(C)(C)C)cc1. The van der Waals surface area contributed by atoms with E-state index in [-0.39, 0.29) is 17.4 Å². The average molecular weight is 248 g/mol. The van der Waals surface area contributed by atoms with Crippen LogP contribution in [0, 0.1) is 5.41 Å². The molecule has 0 saturated carbocycles. The molecule has 0 saturated heterocycles. The average Bonchev–Trinajstić information content (AvgIpc) is 2.23. The molecule has 18 heavy (non-hydrogen) atoms. The van der Waals surface area contributed by atoms with Crippen LogP contribution in [0.5, 0.6) is 0 Å². The molecule has 1 aromatic carbocycles. The number of benzene rings is 1. The van der Waals surface area contributed by atoms with Gasteiger partial charge in [0.25, 0.3) is 0 Å². The minimum absolute atomic E-state index is 0.186. The molecule has 1 rings (SSSR count). The third-order valence-electron chi connectivity index (χ3n) is 3.64. The molecular formula is C17H28O. The Kier molecular flexibility index (Phi) is 4.61. The Bertz CT molecular complexity index is 362. The molecule has 0 aliphatic rings. The maximum Gasteiger partial charge on any atom is 0.0437 e. The van der Waals surface area contributed by atoms with Crippen LogP contribution in [0.15, 0.2) is 24.3 Å². The van der Waals surface area contributed by atoms with Crippen LogP contribution in [0.4, 0.5) is 0 Å². The fourth-order valence-electron chi connectivity index (χ4n) is 2.44. The fraction of sp³-hybridized carbons (Fsp3) is 0.647. The van der Waals surface area contributed by atoms with Crippen molar-refractivity contribution in [3.05, 3.63) is 35.4 Å². The molecule has 0 aliphatic carbocycles. The molecule has 1 N–H and O–H groups in total. The van der Waals surface area contributed by atoms with Gasteiger partial charge in [-0.05, 0) is 34.3 Å². The van der Waals surface area contributed by atoms with E-state index in [2.05, 4.69) is 65.8 Å². The summed E-state index contributed by atoms with van der Waals surface area (Å²) in [6.07, 6.45) is 0.832. The van der Waals surface area contributed by atoms with Crippen molar-refractivity contribution >= 4 is 0 Å². The van der Waals surface area contributed by atoms with Gasteiger partial charge >= 0.3 is 0 Å². The van der Waals surface area contributed by atoms with Crippen LogP contribution in [0.2, 0.25) is 0 Å². The molecule has 0 amide bonds. The van der Waals surface area contributed by atoms with Crippen molar-refractivity contribution in [1.82, 2.24) is 0 Å². The van der Waals surface area contributed by atoms with Crippen molar-refractivity contribution in [1.29, 1.82) is 0 Å². The minimum Gasteiger partial charge on any atom is -0.396 e. The van der Waals surface area contributed by atoms with Crippen molar-refractivity contribution < 1.29 is 5.11 Å². The molecule has 102 valence electrons. The van der Waals surface area contributed by atoms with Gasteiger partial charge in [-0.15, -0.1) is 0 Å². The number of hydrogen-bond donors (Lipinski definition) is 1. The molecule has 1 heteroatoms. The van der Waals surface area contributed by atoms with Crippen molar-refractivity contribution in [3.8, 4) is 0 Å². The van der Waals surface area contributed by atoms with Gasteiger partial charge in [0.15, 0.2) is 0 Å². The van der Waals surface area contributed by atoms with Crippen LogP contribution in [-0.2, 0) is 5.41 Å². The zero-order valence-electron chi connectivity index (χ0n) is 12.7. The van der Waals surface area contributed by atoms with Crippen molar-refractivity contribution in [2.24, 2.45) is 5.41 Å². The summed E-state index contributed by atoms with van der Waals surface area (Å²) in [7, 11) is 0. The smallest absolute Gasteiger partial charge is 0.0437 e. The van der Waals surface area contributed by atoms with Crippen LogP contribution in [-0.4, -0.2) is 11.7 Å². The summed E-state index contributed by atoms with van der Waals surface area (Å²) in [6.45, 7) is 13.7. The van der Waals surface area contributed by atoms with E-state index in [1.165, 1.54) is 11.1 Å². The number of aliphatic hydroxyl groups is 1. The Balaban J connectivity index is 3.02. The first-order valence-electron chi connectivity index (χ1n) is 6.87. The summed E-state index contributed by atoms with van der Waals surface area (Å²) in [5, 5.41) is 9.25. The molecule has 0 aliphatic heterocycles. The number of hydrogen-bond acceptors (Lipinski definition) is 1. The van der Waals surface area contributed by atoms with Gasteiger partial charge in [0.05, 0.1) is 0 Å². The van der Waals surface area contributed by atoms with Crippen molar-refractivity contribution in [2.75, 3.05) is 6.61 Å². The molecule has 1 aromatic rings. The van der Waals surface area contributed by atoms with E-state index in [4.69, 9.17) is 0 Å². The van der Waals surface area contributed by atoms with Crippen molar-refractivity contribution in [2.45, 2.75) is 59.3 Å². The lowest BCUT2D eigenvalue weighted by Crippen LogP contribution is -2.20. The summed E-state index contributed by atoms with van der Waals surface area (Å²) < 4.78 is 0. The van der Waals surface area contributed by atoms with E-state index < -0.39 is 0 Å². The molecule has 0 aromatic heterocycles. The normalized spacial score (nSPS) is 14.6. The quantitative estimate of drug-likeness (QED) is 0.835. The van der Waals surface area contributed by atoms with E-state index in [9.17, 15) is 5.11 Å². The third kappa shape index (κ3) is 3.84. The zero-order valence-corrected chi connectivity index (χ0v) is 12.7. The predicted octanol–water partition coefficient (Wildman–Crippen LogP) is 4.50. The summed E-state index contributed by atoms with van der Waals surface area (Å²) >= 11 is 0. The standard InChI is InChI=1S/C17H28O/c1-16(2,3)14-9-7-13(8-10-14)15(11-12-18)17(4,5)6/h7-10,15,18H,11-12H2,1-6H3. The summed E-state index contributed by atoms with van der Waals surface area (Å²) in [5.41, 5.74) is 3.09. The van der Waals surface area contributed by atoms with Crippen LogP contribution >= 0.6 is 0 Å². The van der Waals surface area contributed by atoms with E-state index in [0.29, 0.717) is 5.92 Å². The largest absolute Gasteiger partial charge is 0.396 e. The molecule has 1 unspecified atom stereocenters. The molecule has 0 bridgehead atoms. The Labute approximate surface area is 112 Å². The summed E-state index contributed by atoms with van der Waals surface area (Å²) in [5.74, 6) is 0.413. The van der Waals surface area contributed by atoms with Crippen LogP contribution < -0.4 is 0 Å². The second-order valence-corrected chi connectivity index (χ2v) is 7.30. The minimum atomic E-state index is 0.186. The Morgan fingerprint density at radius 3 is 1.78 bits per heavy atom. The van der Waals surface area contributed by atoms with E-state index in [0.717, 1.165) is 6.42 Å². The van der Waals surface area contributed by atoms with Crippen molar-refractivity contribution in [3.63, 3.8) is 0 Å². The van der Waals surface area contributed by atoms with Gasteiger partial charge in [-0.1, -0.05) is 65.8 Å². The van der Waals surface area contributed by atoms with E-state index in [1.807, 2.05) is 0 Å². The van der Waals surface area contributed by atoms with Crippen LogP contribution in [0.3, 0.4) is 0 Å². The van der Waals surface area contributed by atoms with E-state index >= 15 is 0 Å². The molecule has 1 atom stereocenters. The topological polar surface area (TPSA) is 20.2 Å². The first-order valence-corrected chi connectivity index (χ1v) is 6.87. The Morgan fingerprint density at radius 2 is 1.44 bits per heavy atom. The summed E-state index contributed by atoms with van der Waals surface area (Å²) in [4.78, 5) is 0. The second kappa shape index (κ2) is 5.44. The summed E-state index contributed by atoms with van der Waals surface area (Å²) in [6, 6.07) is 8.91. The van der Waals surface area contributed by atoms with Crippen LogP contribution in [0.1, 0.15) is 65.0 Å². The maximum absolute atomic E-state index is 9.25. The molecule has 0 fully saturated rings. The molecular weight excluding hydrogens is 220 g/mol. The van der Waals surface area contributed by atoms with Gasteiger partial charge in [0.2, 0.25) is 0 Å². The Morgan fingerprint density at radius 1 is 0.944 bits per heavy atom. The van der Waals surface area contributed by atoms with Crippen LogP contribution in [0.25, 0.3) is 0 Å². The predicted molar refractivity (Wildman–Crippen MR) is 79.0 cm³/mol. The zero-order chi connectivity index (χ0) is 14.0. The molecule has 0 spiro atoms. The first-order chi connectivity index (χ1) is 8.16. The maximum atomic E-state index is 9.25. The lowest BCUT2D eigenvalue weighted by atomic mass is 9.74. The number of rotatable bonds is 3. The van der Waals surface area contributed by atoms with Gasteiger partial charge in [0, 0.05) is 6.61 Å². The Hall–Kier alpha value is -0.820. The fourth-order valence-corrected chi connectivity index (χ4v) is 2.44. The monoisotopic (exact) mass is 248 g/mol. The highest BCUT2D eigenvalue weighted by Crippen LogP contribution is 2.38.